The van der Waals surface area contributed by atoms with Gasteiger partial charge in [0.25, 0.3) is 0 Å². The highest BCUT2D eigenvalue weighted by molar-refractivity contribution is 7.89. The van der Waals surface area contributed by atoms with Crippen LogP contribution in [0.15, 0.2) is 59.5 Å². The number of nitrogens with one attached hydrogen (secondary N) is 3. The zero-order chi connectivity index (χ0) is 21.7. The molecule has 8 nitrogen and oxygen atoms in total. The van der Waals surface area contributed by atoms with Gasteiger partial charge in [-0.15, -0.1) is 0 Å². The Hall–Kier alpha value is -2.56. The summed E-state index contributed by atoms with van der Waals surface area (Å²) in [5, 5.41) is 5.04. The molecule has 2 aromatic carbocycles. The van der Waals surface area contributed by atoms with E-state index in [0.717, 1.165) is 18.4 Å². The molecule has 30 heavy (non-hydrogen) atoms. The van der Waals surface area contributed by atoms with E-state index >= 15 is 0 Å². The molecule has 1 fully saturated rings. The molecule has 2 amide bonds. The fourth-order valence-corrected chi connectivity index (χ4v) is 4.81. The maximum atomic E-state index is 12.3. The molecule has 1 saturated carbocycles. The van der Waals surface area contributed by atoms with Crippen LogP contribution in [0, 0.1) is 0 Å². The standard InChI is InChI=1S/C20H23N3O5S2/c1-29(26)13-18(14-5-3-2-4-6-14)22-20(25)19(24)21-15-9-11-17(12-10-15)30(27,28)23-16-7-8-16/h2-6,9-12,16,18,23H,7-8,13H2,1H3,(H,21,24)(H,22,25)/t18-,29+/m1/s1. The highest BCUT2D eigenvalue weighted by Crippen LogP contribution is 2.23. The number of carbonyl (C=O) groups excluding carboxylic acids is 2. The monoisotopic (exact) mass is 449 g/mol. The first-order valence-corrected chi connectivity index (χ1v) is 12.5. The van der Waals surface area contributed by atoms with Gasteiger partial charge in [-0.2, -0.15) is 0 Å². The van der Waals surface area contributed by atoms with Gasteiger partial charge < -0.3 is 10.6 Å². The lowest BCUT2D eigenvalue weighted by molar-refractivity contribution is -0.136. The summed E-state index contributed by atoms with van der Waals surface area (Å²) >= 11 is 0. The zero-order valence-electron chi connectivity index (χ0n) is 16.3. The van der Waals surface area contributed by atoms with Gasteiger partial charge in [-0.3, -0.25) is 13.8 Å². The minimum absolute atomic E-state index is 0.00640. The molecule has 160 valence electrons. The van der Waals surface area contributed by atoms with Gasteiger partial charge in [-0.1, -0.05) is 30.3 Å². The van der Waals surface area contributed by atoms with Gasteiger partial charge in [0.1, 0.15) is 0 Å². The summed E-state index contributed by atoms with van der Waals surface area (Å²) in [7, 11) is -4.77. The highest BCUT2D eigenvalue weighted by atomic mass is 32.2. The van der Waals surface area contributed by atoms with Crippen molar-refractivity contribution in [2.75, 3.05) is 17.3 Å². The molecule has 0 bridgehead atoms. The maximum Gasteiger partial charge on any atom is 0.313 e. The Balaban J connectivity index is 1.63. The second-order valence-corrected chi connectivity index (χ2v) is 10.2. The number of hydrogen-bond acceptors (Lipinski definition) is 5. The number of rotatable bonds is 8. The quantitative estimate of drug-likeness (QED) is 0.525. The van der Waals surface area contributed by atoms with Crippen molar-refractivity contribution in [3.63, 3.8) is 0 Å². The highest BCUT2D eigenvalue weighted by Gasteiger charge is 2.28. The Morgan fingerprint density at radius 1 is 1.03 bits per heavy atom. The number of benzene rings is 2. The van der Waals surface area contributed by atoms with E-state index in [1.807, 2.05) is 6.07 Å². The van der Waals surface area contributed by atoms with Gasteiger partial charge in [0.05, 0.1) is 10.9 Å². The van der Waals surface area contributed by atoms with E-state index in [4.69, 9.17) is 0 Å². The summed E-state index contributed by atoms with van der Waals surface area (Å²) in [6, 6.07) is 14.0. The van der Waals surface area contributed by atoms with Gasteiger partial charge in [-0.05, 0) is 42.7 Å². The SMILES string of the molecule is C[S@](=O)C[C@@H](NC(=O)C(=O)Nc1ccc(S(=O)(=O)NC2CC2)cc1)c1ccccc1. The van der Waals surface area contributed by atoms with Crippen LogP contribution in [0.1, 0.15) is 24.4 Å². The number of carbonyl (C=O) groups is 2. The molecule has 1 aliphatic carbocycles. The lowest BCUT2D eigenvalue weighted by Crippen LogP contribution is -2.39. The summed E-state index contributed by atoms with van der Waals surface area (Å²) in [6.45, 7) is 0. The van der Waals surface area contributed by atoms with Gasteiger partial charge in [0.2, 0.25) is 10.0 Å². The van der Waals surface area contributed by atoms with E-state index in [9.17, 15) is 22.2 Å². The van der Waals surface area contributed by atoms with Crippen molar-refractivity contribution in [1.82, 2.24) is 10.0 Å². The maximum absolute atomic E-state index is 12.3. The summed E-state index contributed by atoms with van der Waals surface area (Å²) in [5.74, 6) is -1.60. The molecule has 0 saturated heterocycles. The van der Waals surface area contributed by atoms with Crippen molar-refractivity contribution in [2.24, 2.45) is 0 Å². The van der Waals surface area contributed by atoms with E-state index in [1.165, 1.54) is 30.5 Å². The molecule has 0 aromatic heterocycles. The van der Waals surface area contributed by atoms with Crippen LogP contribution < -0.4 is 15.4 Å². The minimum atomic E-state index is -3.59. The molecule has 0 unspecified atom stereocenters. The van der Waals surface area contributed by atoms with Crippen molar-refractivity contribution in [2.45, 2.75) is 29.8 Å². The van der Waals surface area contributed by atoms with Crippen molar-refractivity contribution in [3.05, 3.63) is 60.2 Å². The predicted molar refractivity (Wildman–Crippen MR) is 115 cm³/mol. The average Bonchev–Trinajstić information content (AvgIpc) is 3.51. The number of amides is 2. The molecule has 1 aliphatic rings. The molecule has 0 aliphatic heterocycles. The van der Waals surface area contributed by atoms with Crippen LogP contribution in [0.5, 0.6) is 0 Å². The first-order chi connectivity index (χ1) is 14.2. The van der Waals surface area contributed by atoms with Crippen LogP contribution in [0.3, 0.4) is 0 Å². The Morgan fingerprint density at radius 2 is 1.67 bits per heavy atom. The normalized spacial score (nSPS) is 15.8. The molecule has 3 N–H and O–H groups in total. The smallest absolute Gasteiger partial charge is 0.313 e. The topological polar surface area (TPSA) is 121 Å². The number of sulfonamides is 1. The molecule has 10 heteroatoms. The molecular weight excluding hydrogens is 426 g/mol. The van der Waals surface area contributed by atoms with Gasteiger partial charge >= 0.3 is 11.8 Å². The predicted octanol–water partition coefficient (Wildman–Crippen LogP) is 1.30. The van der Waals surface area contributed by atoms with E-state index in [2.05, 4.69) is 15.4 Å². The van der Waals surface area contributed by atoms with Crippen molar-refractivity contribution in [1.29, 1.82) is 0 Å². The van der Waals surface area contributed by atoms with E-state index < -0.39 is 38.7 Å². The summed E-state index contributed by atoms with van der Waals surface area (Å²) in [4.78, 5) is 24.7. The lowest BCUT2D eigenvalue weighted by Gasteiger charge is -2.18. The summed E-state index contributed by atoms with van der Waals surface area (Å²) in [5.41, 5.74) is 1.03. The summed E-state index contributed by atoms with van der Waals surface area (Å²) < 4.78 is 38.6. The fraction of sp³-hybridized carbons (Fsp3) is 0.300. The second-order valence-electron chi connectivity index (χ2n) is 7.05. The summed E-state index contributed by atoms with van der Waals surface area (Å²) in [6.07, 6.45) is 3.19. The van der Waals surface area contributed by atoms with Crippen LogP contribution in [0.2, 0.25) is 0 Å². The number of anilines is 1. The van der Waals surface area contributed by atoms with Crippen LogP contribution >= 0.6 is 0 Å². The molecule has 2 aromatic rings. The van der Waals surface area contributed by atoms with Gasteiger partial charge in [-0.25, -0.2) is 13.1 Å². The third-order valence-corrected chi connectivity index (χ3v) is 6.78. The fourth-order valence-electron chi connectivity index (χ4n) is 2.76. The van der Waals surface area contributed by atoms with Crippen LogP contribution in [0.25, 0.3) is 0 Å². The van der Waals surface area contributed by atoms with Crippen LogP contribution in [0.4, 0.5) is 5.69 Å². The van der Waals surface area contributed by atoms with Crippen molar-refractivity contribution >= 4 is 38.3 Å². The lowest BCUT2D eigenvalue weighted by atomic mass is 10.1. The second kappa shape index (κ2) is 9.50. The van der Waals surface area contributed by atoms with Gasteiger partial charge in [0.15, 0.2) is 0 Å². The third kappa shape index (κ3) is 6.22. The number of hydrogen-bond donors (Lipinski definition) is 3. The minimum Gasteiger partial charge on any atom is -0.340 e. The average molecular weight is 450 g/mol. The van der Waals surface area contributed by atoms with Crippen molar-refractivity contribution < 1.29 is 22.2 Å². The largest absolute Gasteiger partial charge is 0.340 e. The molecule has 2 atom stereocenters. The molecular formula is C20H23N3O5S2. The van der Waals surface area contributed by atoms with E-state index in [-0.39, 0.29) is 22.4 Å². The molecule has 0 radical (unpaired) electrons. The molecule has 0 spiro atoms. The Kier molecular flexibility index (Phi) is 7.01. The molecule has 0 heterocycles. The van der Waals surface area contributed by atoms with Gasteiger partial charge in [0, 0.05) is 34.5 Å². The Morgan fingerprint density at radius 3 is 2.23 bits per heavy atom. The molecule has 3 rings (SSSR count). The van der Waals surface area contributed by atoms with Crippen molar-refractivity contribution in [3.8, 4) is 0 Å². The third-order valence-electron chi connectivity index (χ3n) is 4.44. The first-order valence-electron chi connectivity index (χ1n) is 9.34. The van der Waals surface area contributed by atoms with Crippen LogP contribution in [-0.2, 0) is 30.4 Å². The van der Waals surface area contributed by atoms with E-state index in [1.54, 1.807) is 24.3 Å². The first kappa shape index (κ1) is 22.1. The Labute approximate surface area is 178 Å². The van der Waals surface area contributed by atoms with E-state index in [0.29, 0.717) is 0 Å². The van der Waals surface area contributed by atoms with Crippen LogP contribution in [-0.4, -0.2) is 42.5 Å². The zero-order valence-corrected chi connectivity index (χ0v) is 18.0. The Bertz CT molecular complexity index is 1040.